The van der Waals surface area contributed by atoms with Crippen LogP contribution >= 0.6 is 0 Å². The largest absolute Gasteiger partial charge is 0.346 e. The van der Waals surface area contributed by atoms with E-state index in [1.54, 1.807) is 18.5 Å². The lowest BCUT2D eigenvalue weighted by atomic mass is 10.0. The van der Waals surface area contributed by atoms with E-state index in [0.717, 1.165) is 21.0 Å². The molecule has 0 aliphatic carbocycles. The molecule has 0 aliphatic heterocycles. The van der Waals surface area contributed by atoms with Crippen LogP contribution in [0.4, 0.5) is 0 Å². The number of hydrogen-bond donors (Lipinski definition) is 1. The minimum absolute atomic E-state index is 0.268. The predicted molar refractivity (Wildman–Crippen MR) is 73.8 cm³/mol. The van der Waals surface area contributed by atoms with E-state index in [0.29, 0.717) is 16.2 Å². The first-order valence-corrected chi connectivity index (χ1v) is 5.89. The molecule has 2 aromatic carbocycles. The summed E-state index contributed by atoms with van der Waals surface area (Å²) in [4.78, 5) is 31.7. The summed E-state index contributed by atoms with van der Waals surface area (Å²) >= 11 is 0. The molecule has 19 heavy (non-hydrogen) atoms. The highest BCUT2D eigenvalue weighted by Crippen LogP contribution is 2.28. The zero-order chi connectivity index (χ0) is 13.1. The smallest absolute Gasteiger partial charge is 0.261 e. The first kappa shape index (κ1) is 10.3. The van der Waals surface area contributed by atoms with E-state index in [-0.39, 0.29) is 11.1 Å². The van der Waals surface area contributed by atoms with E-state index in [9.17, 15) is 9.59 Å². The van der Waals surface area contributed by atoms with Gasteiger partial charge in [-0.05, 0) is 24.3 Å². The topological polar surface area (TPSA) is 67.8 Å². The quantitative estimate of drug-likeness (QED) is 0.480. The van der Waals surface area contributed by atoms with Crippen LogP contribution in [0.2, 0.25) is 0 Å². The van der Waals surface area contributed by atoms with Crippen molar-refractivity contribution in [1.82, 2.24) is 14.5 Å². The summed E-state index contributed by atoms with van der Waals surface area (Å²) in [6.07, 6.45) is 1.61. The molecule has 0 unspecified atom stereocenters. The van der Waals surface area contributed by atoms with Gasteiger partial charge in [0.25, 0.3) is 11.1 Å². The fourth-order valence-corrected chi connectivity index (χ4v) is 2.69. The lowest BCUT2D eigenvalue weighted by molar-refractivity contribution is 0.841. The lowest BCUT2D eigenvalue weighted by Crippen LogP contribution is -2.30. The van der Waals surface area contributed by atoms with Crippen LogP contribution in [0.3, 0.4) is 0 Å². The van der Waals surface area contributed by atoms with Gasteiger partial charge in [0.15, 0.2) is 0 Å². The highest BCUT2D eigenvalue weighted by atomic mass is 16.2. The SMILES string of the molecule is Cn1c(=O)c2ccc3nc[nH]c4ccc(c1=O)c2c34. The van der Waals surface area contributed by atoms with E-state index >= 15 is 0 Å². The molecule has 0 fully saturated rings. The average Bonchev–Trinajstić information content (AvgIpc) is 2.45. The number of H-pyrrole nitrogens is 1. The maximum atomic E-state index is 12.2. The van der Waals surface area contributed by atoms with Crippen molar-refractivity contribution >= 4 is 32.6 Å². The second-order valence-electron chi connectivity index (χ2n) is 4.61. The molecule has 5 nitrogen and oxygen atoms in total. The predicted octanol–water partition coefficient (Wildman–Crippen LogP) is 1.37. The molecular weight excluding hydrogens is 242 g/mol. The molecule has 2 heterocycles. The Labute approximate surface area is 106 Å². The van der Waals surface area contributed by atoms with Gasteiger partial charge in [0, 0.05) is 34.1 Å². The van der Waals surface area contributed by atoms with E-state index in [1.165, 1.54) is 7.05 Å². The molecule has 0 bridgehead atoms. The molecule has 2 aromatic heterocycles. The Balaban J connectivity index is 2.56. The first-order valence-electron chi connectivity index (χ1n) is 5.89. The van der Waals surface area contributed by atoms with E-state index in [4.69, 9.17) is 0 Å². The van der Waals surface area contributed by atoms with Gasteiger partial charge in [-0.25, -0.2) is 4.98 Å². The van der Waals surface area contributed by atoms with Crippen molar-refractivity contribution in [1.29, 1.82) is 0 Å². The number of nitrogens with zero attached hydrogens (tertiary/aromatic N) is 2. The molecule has 4 rings (SSSR count). The van der Waals surface area contributed by atoms with Crippen molar-refractivity contribution in [3.8, 4) is 0 Å². The van der Waals surface area contributed by atoms with Gasteiger partial charge in [-0.3, -0.25) is 14.2 Å². The summed E-state index contributed by atoms with van der Waals surface area (Å²) in [7, 11) is 1.50. The first-order chi connectivity index (χ1) is 9.18. The molecule has 1 N–H and O–H groups in total. The van der Waals surface area contributed by atoms with Crippen LogP contribution in [0.25, 0.3) is 32.6 Å². The molecule has 0 saturated carbocycles. The minimum Gasteiger partial charge on any atom is -0.346 e. The van der Waals surface area contributed by atoms with Gasteiger partial charge in [0.05, 0.1) is 11.8 Å². The fraction of sp³-hybridized carbons (Fsp3) is 0.0714. The third kappa shape index (κ3) is 1.12. The van der Waals surface area contributed by atoms with Gasteiger partial charge in [-0.1, -0.05) is 0 Å². The van der Waals surface area contributed by atoms with Crippen molar-refractivity contribution in [2.75, 3.05) is 0 Å². The van der Waals surface area contributed by atoms with Crippen LogP contribution in [0.1, 0.15) is 0 Å². The zero-order valence-electron chi connectivity index (χ0n) is 10.1. The van der Waals surface area contributed by atoms with Crippen molar-refractivity contribution in [3.05, 3.63) is 51.3 Å². The van der Waals surface area contributed by atoms with E-state index in [1.807, 2.05) is 12.1 Å². The number of nitrogens with one attached hydrogen (secondary N) is 1. The molecule has 0 saturated heterocycles. The Hall–Kier alpha value is -2.69. The molecule has 0 radical (unpaired) electrons. The highest BCUT2D eigenvalue weighted by Gasteiger charge is 2.14. The standard InChI is InChI=1S/C14H9N3O2/c1-17-13(18)7-2-4-9-12-10(16-6-15-9)5-3-8(11(7)12)14(17)19/h2-6H,1H3,(H,15,16). The van der Waals surface area contributed by atoms with Crippen LogP contribution in [-0.4, -0.2) is 14.5 Å². The van der Waals surface area contributed by atoms with E-state index < -0.39 is 0 Å². The van der Waals surface area contributed by atoms with Crippen molar-refractivity contribution in [3.63, 3.8) is 0 Å². The third-order valence-electron chi connectivity index (χ3n) is 3.63. The Morgan fingerprint density at radius 3 is 2.42 bits per heavy atom. The summed E-state index contributed by atoms with van der Waals surface area (Å²) in [5.41, 5.74) is 1.11. The molecular formula is C14H9N3O2. The van der Waals surface area contributed by atoms with Crippen LogP contribution in [0.15, 0.2) is 40.2 Å². The van der Waals surface area contributed by atoms with Crippen LogP contribution in [0, 0.1) is 0 Å². The number of pyridine rings is 1. The molecule has 0 amide bonds. The van der Waals surface area contributed by atoms with Gasteiger partial charge in [0.1, 0.15) is 0 Å². The third-order valence-corrected chi connectivity index (χ3v) is 3.63. The summed E-state index contributed by atoms with van der Waals surface area (Å²) < 4.78 is 1.15. The second-order valence-corrected chi connectivity index (χ2v) is 4.61. The summed E-state index contributed by atoms with van der Waals surface area (Å²) in [5, 5.41) is 2.65. The monoisotopic (exact) mass is 251 g/mol. The normalized spacial score (nSPS) is 11.8. The molecule has 0 aliphatic rings. The van der Waals surface area contributed by atoms with Gasteiger partial charge in [-0.2, -0.15) is 0 Å². The summed E-state index contributed by atoms with van der Waals surface area (Å²) in [5.74, 6) is 0. The zero-order valence-corrected chi connectivity index (χ0v) is 10.1. The Kier molecular flexibility index (Phi) is 1.73. The molecule has 92 valence electrons. The van der Waals surface area contributed by atoms with Gasteiger partial charge in [0.2, 0.25) is 0 Å². The van der Waals surface area contributed by atoms with Crippen molar-refractivity contribution in [2.24, 2.45) is 7.05 Å². The summed E-state index contributed by atoms with van der Waals surface area (Å²) in [6, 6.07) is 7.14. The molecule has 5 heteroatoms. The van der Waals surface area contributed by atoms with E-state index in [2.05, 4.69) is 9.97 Å². The lowest BCUT2D eigenvalue weighted by Gasteiger charge is -2.09. The van der Waals surface area contributed by atoms with Crippen molar-refractivity contribution in [2.45, 2.75) is 0 Å². The van der Waals surface area contributed by atoms with Crippen molar-refractivity contribution < 1.29 is 0 Å². The summed E-state index contributed by atoms with van der Waals surface area (Å²) in [6.45, 7) is 0. The Bertz CT molecular complexity index is 982. The maximum absolute atomic E-state index is 12.2. The fourth-order valence-electron chi connectivity index (χ4n) is 2.69. The molecule has 0 spiro atoms. The van der Waals surface area contributed by atoms with Gasteiger partial charge >= 0.3 is 0 Å². The highest BCUT2D eigenvalue weighted by molar-refractivity contribution is 6.20. The second kappa shape index (κ2) is 3.20. The number of benzene rings is 2. The average molecular weight is 251 g/mol. The van der Waals surface area contributed by atoms with Gasteiger partial charge in [-0.15, -0.1) is 0 Å². The van der Waals surface area contributed by atoms with Gasteiger partial charge < -0.3 is 4.98 Å². The van der Waals surface area contributed by atoms with Crippen LogP contribution in [-0.2, 0) is 7.05 Å². The minimum atomic E-state index is -0.268. The maximum Gasteiger partial charge on any atom is 0.261 e. The molecule has 0 atom stereocenters. The Morgan fingerprint density at radius 2 is 1.68 bits per heavy atom. The van der Waals surface area contributed by atoms with Crippen LogP contribution < -0.4 is 11.1 Å². The Morgan fingerprint density at radius 1 is 1.00 bits per heavy atom. The number of hydrogen-bond acceptors (Lipinski definition) is 3. The number of rotatable bonds is 0. The number of aromatic amines is 1. The van der Waals surface area contributed by atoms with Crippen LogP contribution in [0.5, 0.6) is 0 Å². The number of aromatic nitrogens is 3. The molecule has 4 aromatic rings.